The van der Waals surface area contributed by atoms with Gasteiger partial charge >= 0.3 is 0 Å². The van der Waals surface area contributed by atoms with E-state index in [1.54, 1.807) is 4.90 Å². The number of aliphatic hydroxyl groups excluding tert-OH is 1. The maximum atomic E-state index is 11.4. The first-order chi connectivity index (χ1) is 7.27. The van der Waals surface area contributed by atoms with E-state index in [1.807, 2.05) is 30.3 Å². The molecule has 1 aromatic rings. The smallest absolute Gasteiger partial charge is 0.222 e. The van der Waals surface area contributed by atoms with Crippen LogP contribution in [0.3, 0.4) is 0 Å². The maximum Gasteiger partial charge on any atom is 0.222 e. The van der Waals surface area contributed by atoms with Crippen molar-refractivity contribution in [1.82, 2.24) is 4.90 Å². The average Bonchev–Trinajstić information content (AvgIpc) is 2.66. The van der Waals surface area contributed by atoms with Gasteiger partial charge in [-0.15, -0.1) is 0 Å². The zero-order valence-electron chi connectivity index (χ0n) is 8.60. The summed E-state index contributed by atoms with van der Waals surface area (Å²) in [5.74, 6) is 0.157. The van der Waals surface area contributed by atoms with Crippen molar-refractivity contribution in [3.8, 4) is 0 Å². The van der Waals surface area contributed by atoms with E-state index in [-0.39, 0.29) is 5.91 Å². The number of amides is 1. The number of carbonyl (C=O) groups excluding carboxylic acids is 1. The van der Waals surface area contributed by atoms with Gasteiger partial charge in [0, 0.05) is 13.0 Å². The molecule has 1 saturated heterocycles. The molecule has 1 N–H and O–H groups in total. The van der Waals surface area contributed by atoms with Crippen LogP contribution in [-0.4, -0.2) is 29.0 Å². The van der Waals surface area contributed by atoms with Gasteiger partial charge < -0.3 is 10.0 Å². The molecule has 1 amide bonds. The fourth-order valence-electron chi connectivity index (χ4n) is 1.89. The van der Waals surface area contributed by atoms with Gasteiger partial charge in [-0.25, -0.2) is 0 Å². The van der Waals surface area contributed by atoms with Crippen molar-refractivity contribution in [1.29, 1.82) is 0 Å². The van der Waals surface area contributed by atoms with Crippen molar-refractivity contribution in [2.24, 2.45) is 0 Å². The number of hydrogen-bond acceptors (Lipinski definition) is 2. The molecule has 0 spiro atoms. The predicted octanol–water partition coefficient (Wildman–Crippen LogP) is 1.34. The molecule has 3 nitrogen and oxygen atoms in total. The largest absolute Gasteiger partial charge is 0.387 e. The van der Waals surface area contributed by atoms with E-state index in [4.69, 9.17) is 0 Å². The summed E-state index contributed by atoms with van der Waals surface area (Å²) in [4.78, 5) is 13.1. The van der Waals surface area contributed by atoms with Crippen LogP contribution >= 0.6 is 0 Å². The lowest BCUT2D eigenvalue weighted by Gasteiger charge is -2.19. The van der Waals surface area contributed by atoms with Crippen LogP contribution in [0.4, 0.5) is 0 Å². The van der Waals surface area contributed by atoms with Crippen LogP contribution in [0.25, 0.3) is 0 Å². The predicted molar refractivity (Wildman–Crippen MR) is 57.2 cm³/mol. The first-order valence-electron chi connectivity index (χ1n) is 5.28. The maximum absolute atomic E-state index is 11.4. The molecule has 0 saturated carbocycles. The molecule has 0 radical (unpaired) electrons. The van der Waals surface area contributed by atoms with Gasteiger partial charge in [-0.3, -0.25) is 4.79 Å². The van der Waals surface area contributed by atoms with Crippen LogP contribution in [0.5, 0.6) is 0 Å². The topological polar surface area (TPSA) is 40.5 Å². The highest BCUT2D eigenvalue weighted by atomic mass is 16.3. The van der Waals surface area contributed by atoms with Crippen LogP contribution < -0.4 is 0 Å². The number of rotatable bonds is 3. The van der Waals surface area contributed by atoms with Crippen molar-refractivity contribution in [3.63, 3.8) is 0 Å². The van der Waals surface area contributed by atoms with Crippen molar-refractivity contribution < 1.29 is 9.90 Å². The monoisotopic (exact) mass is 205 g/mol. The lowest BCUT2D eigenvalue weighted by atomic mass is 10.1. The molecular weight excluding hydrogens is 190 g/mol. The van der Waals surface area contributed by atoms with E-state index in [2.05, 4.69) is 0 Å². The Hall–Kier alpha value is -1.35. The molecule has 1 fully saturated rings. The summed E-state index contributed by atoms with van der Waals surface area (Å²) in [5, 5.41) is 9.90. The van der Waals surface area contributed by atoms with Crippen LogP contribution in [0.2, 0.25) is 0 Å². The van der Waals surface area contributed by atoms with Gasteiger partial charge in [0.1, 0.15) is 0 Å². The number of hydrogen-bond donors (Lipinski definition) is 1. The Morgan fingerprint density at radius 2 is 2.07 bits per heavy atom. The third-order valence-electron chi connectivity index (χ3n) is 2.75. The van der Waals surface area contributed by atoms with Crippen molar-refractivity contribution in [3.05, 3.63) is 35.9 Å². The molecule has 1 unspecified atom stereocenters. The molecule has 1 aliphatic heterocycles. The lowest BCUT2D eigenvalue weighted by Crippen LogP contribution is -2.29. The normalized spacial score (nSPS) is 18.2. The number of likely N-dealkylation sites (tertiary alicyclic amines) is 1. The molecule has 1 aromatic carbocycles. The summed E-state index contributed by atoms with van der Waals surface area (Å²) in [6.07, 6.45) is 0.982. The minimum absolute atomic E-state index is 0.157. The Labute approximate surface area is 89.3 Å². The fraction of sp³-hybridized carbons (Fsp3) is 0.417. The summed E-state index contributed by atoms with van der Waals surface area (Å²) < 4.78 is 0. The minimum atomic E-state index is -0.562. The highest BCUT2D eigenvalue weighted by Gasteiger charge is 2.22. The molecule has 1 atom stereocenters. The van der Waals surface area contributed by atoms with Gasteiger partial charge in [-0.05, 0) is 12.0 Å². The highest BCUT2D eigenvalue weighted by molar-refractivity contribution is 5.78. The first-order valence-corrected chi connectivity index (χ1v) is 5.28. The minimum Gasteiger partial charge on any atom is -0.387 e. The SMILES string of the molecule is O=C1CCCN1CC(O)c1ccccc1. The quantitative estimate of drug-likeness (QED) is 0.809. The lowest BCUT2D eigenvalue weighted by molar-refractivity contribution is -0.128. The Morgan fingerprint density at radius 3 is 2.67 bits per heavy atom. The van der Waals surface area contributed by atoms with Crippen LogP contribution in [0, 0.1) is 0 Å². The van der Waals surface area contributed by atoms with Gasteiger partial charge in [0.05, 0.1) is 12.6 Å². The summed E-state index contributed by atoms with van der Waals surface area (Å²) in [6.45, 7) is 1.20. The summed E-state index contributed by atoms with van der Waals surface area (Å²) >= 11 is 0. The Morgan fingerprint density at radius 1 is 1.33 bits per heavy atom. The standard InChI is InChI=1S/C12H15NO2/c14-11(10-5-2-1-3-6-10)9-13-8-4-7-12(13)15/h1-3,5-6,11,14H,4,7-9H2. The van der Waals surface area contributed by atoms with E-state index in [9.17, 15) is 9.90 Å². The second-order valence-electron chi connectivity index (χ2n) is 3.87. The Balaban J connectivity index is 1.98. The van der Waals surface area contributed by atoms with Gasteiger partial charge in [0.25, 0.3) is 0 Å². The molecule has 80 valence electrons. The number of carbonyl (C=O) groups is 1. The van der Waals surface area contributed by atoms with Crippen molar-refractivity contribution in [2.75, 3.05) is 13.1 Å². The molecule has 3 heteroatoms. The molecule has 2 rings (SSSR count). The van der Waals surface area contributed by atoms with Gasteiger partial charge in [-0.2, -0.15) is 0 Å². The van der Waals surface area contributed by atoms with Gasteiger partial charge in [-0.1, -0.05) is 30.3 Å². The molecular formula is C12H15NO2. The van der Waals surface area contributed by atoms with E-state index in [1.165, 1.54) is 0 Å². The Kier molecular flexibility index (Phi) is 3.02. The summed E-state index contributed by atoms with van der Waals surface area (Å²) in [6, 6.07) is 9.46. The number of β-amino-alcohol motifs (C(OH)–C–C–N with tert-alkyl or cyclic N) is 1. The number of aliphatic hydroxyl groups is 1. The van der Waals surface area contributed by atoms with E-state index < -0.39 is 6.10 Å². The molecule has 0 aliphatic carbocycles. The van der Waals surface area contributed by atoms with E-state index >= 15 is 0 Å². The Bertz CT molecular complexity index is 337. The number of benzene rings is 1. The molecule has 15 heavy (non-hydrogen) atoms. The van der Waals surface area contributed by atoms with Gasteiger partial charge in [0.15, 0.2) is 0 Å². The number of nitrogens with zero attached hydrogens (tertiary/aromatic N) is 1. The zero-order valence-corrected chi connectivity index (χ0v) is 8.60. The van der Waals surface area contributed by atoms with Crippen LogP contribution in [0.15, 0.2) is 30.3 Å². The van der Waals surface area contributed by atoms with E-state index in [0.717, 1.165) is 18.5 Å². The zero-order chi connectivity index (χ0) is 10.7. The van der Waals surface area contributed by atoms with Gasteiger partial charge in [0.2, 0.25) is 5.91 Å². The second kappa shape index (κ2) is 4.45. The average molecular weight is 205 g/mol. The first kappa shape index (κ1) is 10.2. The van der Waals surface area contributed by atoms with E-state index in [0.29, 0.717) is 13.0 Å². The fourth-order valence-corrected chi connectivity index (χ4v) is 1.89. The molecule has 1 heterocycles. The summed E-state index contributed by atoms with van der Waals surface area (Å²) in [5.41, 5.74) is 0.872. The van der Waals surface area contributed by atoms with Crippen molar-refractivity contribution in [2.45, 2.75) is 18.9 Å². The molecule has 0 bridgehead atoms. The molecule has 1 aliphatic rings. The third-order valence-corrected chi connectivity index (χ3v) is 2.75. The second-order valence-corrected chi connectivity index (χ2v) is 3.87. The van der Waals surface area contributed by atoms with Crippen LogP contribution in [0.1, 0.15) is 24.5 Å². The van der Waals surface area contributed by atoms with Crippen molar-refractivity contribution >= 4 is 5.91 Å². The van der Waals surface area contributed by atoms with Crippen LogP contribution in [-0.2, 0) is 4.79 Å². The molecule has 0 aromatic heterocycles. The highest BCUT2D eigenvalue weighted by Crippen LogP contribution is 2.17. The third kappa shape index (κ3) is 2.36. The summed E-state index contributed by atoms with van der Waals surface area (Å²) in [7, 11) is 0.